The molecule has 0 aromatic heterocycles. The van der Waals surface area contributed by atoms with E-state index in [1.807, 2.05) is 32.9 Å². The molecule has 0 aromatic rings. The summed E-state index contributed by atoms with van der Waals surface area (Å²) in [5.74, 6) is 0. The standard InChI is InChI=1S/C5H5.C4H10N.4CH3.H3Si.Zr/c1-2-4-5-3-1;1-4(2,3)5;;;;;;/h1-3H,4H2;5H,1-3H3;5*1H3;/q6*-1;;. The maximum Gasteiger partial charge on any atom is 0 e. The van der Waals surface area contributed by atoms with Crippen molar-refractivity contribution >= 4 is 11.0 Å². The molecule has 0 spiro atoms. The van der Waals surface area contributed by atoms with Crippen molar-refractivity contribution in [3.63, 3.8) is 0 Å². The quantitative estimate of drug-likeness (QED) is 0.479. The zero-order valence-electron chi connectivity index (χ0n) is 12.4. The molecule has 0 bridgehead atoms. The number of rotatable bonds is 0. The number of allylic oxidation sites excluding steroid dienone is 4. The molecule has 1 aliphatic rings. The average molecular weight is 320 g/mol. The van der Waals surface area contributed by atoms with Gasteiger partial charge >= 0.3 is 0 Å². The van der Waals surface area contributed by atoms with Gasteiger partial charge in [0.15, 0.2) is 0 Å². The molecule has 0 amide bonds. The third-order valence-electron chi connectivity index (χ3n) is 0.586. The molecule has 1 radical (unpaired) electrons. The van der Waals surface area contributed by atoms with Crippen molar-refractivity contribution < 1.29 is 26.2 Å². The van der Waals surface area contributed by atoms with E-state index in [-0.39, 0.29) is 72.4 Å². The van der Waals surface area contributed by atoms with Gasteiger partial charge in [-0.25, -0.2) is 12.2 Å². The molecule has 1 aliphatic carbocycles. The van der Waals surface area contributed by atoms with Gasteiger partial charge in [0.25, 0.3) is 0 Å². The van der Waals surface area contributed by atoms with E-state index < -0.39 is 0 Å². The fourth-order valence-corrected chi connectivity index (χ4v) is 0.340. The first-order chi connectivity index (χ1) is 4.50. The van der Waals surface area contributed by atoms with Crippen molar-refractivity contribution in [3.05, 3.63) is 59.7 Å². The number of hydrogen-bond donors (Lipinski definition) is 0. The first-order valence-corrected chi connectivity index (χ1v) is 3.47. The van der Waals surface area contributed by atoms with Gasteiger partial charge in [-0.15, -0.1) is 12.0 Å². The molecule has 0 saturated carbocycles. The smallest absolute Gasteiger partial charge is 0 e. The zero-order valence-corrected chi connectivity index (χ0v) is 16.9. The van der Waals surface area contributed by atoms with Gasteiger partial charge in [0, 0.05) is 26.2 Å². The van der Waals surface area contributed by atoms with Crippen LogP contribution in [0.3, 0.4) is 0 Å². The molecule has 0 atom stereocenters. The Morgan fingerprint density at radius 2 is 1.38 bits per heavy atom. The molecule has 0 aromatic carbocycles. The van der Waals surface area contributed by atoms with Crippen LogP contribution in [0.5, 0.6) is 0 Å². The van der Waals surface area contributed by atoms with Gasteiger partial charge in [0.05, 0.1) is 0 Å². The first kappa shape index (κ1) is 43.9. The van der Waals surface area contributed by atoms with E-state index in [1.54, 1.807) is 0 Å². The summed E-state index contributed by atoms with van der Waals surface area (Å²) in [5.41, 5.74) is 6.69. The molecular weight excluding hydrogens is 289 g/mol. The van der Waals surface area contributed by atoms with Gasteiger partial charge < -0.3 is 35.4 Å². The molecule has 101 valence electrons. The third-order valence-corrected chi connectivity index (χ3v) is 0.586. The van der Waals surface area contributed by atoms with Crippen LogP contribution in [0.1, 0.15) is 27.2 Å². The summed E-state index contributed by atoms with van der Waals surface area (Å²) in [6.07, 6.45) is 10.0. The van der Waals surface area contributed by atoms with Crippen LogP contribution in [-0.4, -0.2) is 16.5 Å². The minimum Gasteiger partial charge on any atom is -0.673 e. The summed E-state index contributed by atoms with van der Waals surface area (Å²) >= 11 is 0. The van der Waals surface area contributed by atoms with Crippen molar-refractivity contribution in [3.8, 4) is 0 Å². The molecule has 1 nitrogen and oxygen atoms in total. The Bertz CT molecular complexity index is 121. The van der Waals surface area contributed by atoms with Gasteiger partial charge in [-0.2, -0.15) is 6.08 Å². The van der Waals surface area contributed by atoms with Gasteiger partial charge in [-0.1, -0.05) is 20.8 Å². The van der Waals surface area contributed by atoms with Gasteiger partial charge in [0.1, 0.15) is 0 Å². The normalized spacial score (nSPS) is 9.25. The van der Waals surface area contributed by atoms with E-state index in [2.05, 4.69) is 12.2 Å². The van der Waals surface area contributed by atoms with E-state index in [4.69, 9.17) is 5.73 Å². The van der Waals surface area contributed by atoms with E-state index in [0.29, 0.717) is 0 Å². The predicted molar refractivity (Wildman–Crippen MR) is 81.2 cm³/mol. The first-order valence-electron chi connectivity index (χ1n) is 3.47. The second-order valence-corrected chi connectivity index (χ2v) is 3.25. The number of nitrogens with one attached hydrogen (secondary N) is 1. The van der Waals surface area contributed by atoms with Crippen LogP contribution in [0, 0.1) is 35.8 Å². The Kier molecular flexibility index (Phi) is 67.7. The van der Waals surface area contributed by atoms with Gasteiger partial charge in [-0.05, 0) is 11.0 Å². The van der Waals surface area contributed by atoms with Crippen molar-refractivity contribution in [1.29, 1.82) is 0 Å². The van der Waals surface area contributed by atoms with Crippen molar-refractivity contribution in [1.82, 2.24) is 0 Å². The third kappa shape index (κ3) is 86.9. The van der Waals surface area contributed by atoms with E-state index in [0.717, 1.165) is 6.42 Å². The molecule has 1 rings (SSSR count). The van der Waals surface area contributed by atoms with Gasteiger partial charge in [0.2, 0.25) is 0 Å². The molecule has 0 aliphatic heterocycles. The Balaban J connectivity index is -0.0000000147. The molecule has 16 heavy (non-hydrogen) atoms. The maximum absolute atomic E-state index is 6.94. The molecule has 1 N–H and O–H groups in total. The van der Waals surface area contributed by atoms with Crippen LogP contribution >= 0.6 is 0 Å². The Morgan fingerprint density at radius 1 is 1.06 bits per heavy atom. The Hall–Kier alpha value is 0.540. The Labute approximate surface area is 129 Å². The van der Waals surface area contributed by atoms with E-state index >= 15 is 0 Å². The topological polar surface area (TPSA) is 23.8 Å². The average Bonchev–Trinajstić information content (AvgIpc) is 2.07. The maximum atomic E-state index is 6.94. The second-order valence-electron chi connectivity index (χ2n) is 3.25. The summed E-state index contributed by atoms with van der Waals surface area (Å²) in [5, 5.41) is 0. The minimum absolute atomic E-state index is 0. The number of hydrogen-bond acceptors (Lipinski definition) is 0. The van der Waals surface area contributed by atoms with E-state index in [9.17, 15) is 0 Å². The SMILES string of the molecule is CC(C)(C)[NH-].[C-]1=CC=CC1.[CH3-].[CH3-].[CH3-].[CH3-].[SiH3].[Zr]. The van der Waals surface area contributed by atoms with Crippen LogP contribution in [0.2, 0.25) is 0 Å². The molecular formula is C13H30NSiZr-6. The summed E-state index contributed by atoms with van der Waals surface area (Å²) < 4.78 is 0. The predicted octanol–water partition coefficient (Wildman–Crippen LogP) is 3.76. The van der Waals surface area contributed by atoms with Gasteiger partial charge in [-0.3, -0.25) is 6.08 Å². The van der Waals surface area contributed by atoms with Crippen LogP contribution in [0.25, 0.3) is 5.73 Å². The summed E-state index contributed by atoms with van der Waals surface area (Å²) in [7, 11) is 0. The molecule has 0 heterocycles. The van der Waals surface area contributed by atoms with E-state index in [1.165, 1.54) is 0 Å². The second kappa shape index (κ2) is 24.7. The van der Waals surface area contributed by atoms with Crippen LogP contribution in [-0.2, 0) is 26.2 Å². The molecule has 0 unspecified atom stereocenters. The monoisotopic (exact) mass is 318 g/mol. The fraction of sp³-hybridized carbons (Fsp3) is 0.385. The Morgan fingerprint density at radius 3 is 1.44 bits per heavy atom. The fourth-order valence-electron chi connectivity index (χ4n) is 0.340. The summed E-state index contributed by atoms with van der Waals surface area (Å²) in [6.45, 7) is 5.56. The van der Waals surface area contributed by atoms with Crippen LogP contribution < -0.4 is 0 Å². The largest absolute Gasteiger partial charge is 0.673 e. The molecule has 0 fully saturated rings. The van der Waals surface area contributed by atoms with Crippen molar-refractivity contribution in [2.45, 2.75) is 32.7 Å². The van der Waals surface area contributed by atoms with Crippen LogP contribution in [0.15, 0.2) is 18.2 Å². The molecule has 0 saturated heterocycles. The van der Waals surface area contributed by atoms with Crippen molar-refractivity contribution in [2.24, 2.45) is 0 Å². The van der Waals surface area contributed by atoms with Crippen LogP contribution in [0.4, 0.5) is 0 Å². The summed E-state index contributed by atoms with van der Waals surface area (Å²) in [4.78, 5) is 0. The summed E-state index contributed by atoms with van der Waals surface area (Å²) in [6, 6.07) is 0. The van der Waals surface area contributed by atoms with Crippen molar-refractivity contribution in [2.75, 3.05) is 0 Å². The minimum atomic E-state index is -0.250. The zero-order chi connectivity index (χ0) is 8.04. The molecule has 3 heteroatoms.